The van der Waals surface area contributed by atoms with Crippen molar-refractivity contribution >= 4 is 5.91 Å². The number of benzene rings is 1. The van der Waals surface area contributed by atoms with Gasteiger partial charge in [-0.25, -0.2) is 0 Å². The zero-order valence-electron chi connectivity index (χ0n) is 13.3. The molecule has 2 aromatic rings. The molecule has 1 aromatic carbocycles. The molecule has 122 valence electrons. The molecule has 6 heteroatoms. The standard InChI is InChI=1S/C17H22N4O2/c1-12-19-16(23-20-12)14-7-9-21(10-8-14)17(22)15(18)11-13-5-3-2-4-6-13/h2-6,14-15H,7-11,18H2,1H3/t15-/m0/s1. The third-order valence-corrected chi connectivity index (χ3v) is 4.31. The lowest BCUT2D eigenvalue weighted by molar-refractivity contribution is -0.133. The van der Waals surface area contributed by atoms with Crippen LogP contribution in [0.1, 0.15) is 36.0 Å². The molecule has 0 saturated carbocycles. The molecule has 1 amide bonds. The molecule has 0 bridgehead atoms. The molecular weight excluding hydrogens is 292 g/mol. The lowest BCUT2D eigenvalue weighted by Crippen LogP contribution is -2.47. The predicted molar refractivity (Wildman–Crippen MR) is 85.7 cm³/mol. The minimum absolute atomic E-state index is 0.0222. The Morgan fingerprint density at radius 1 is 1.35 bits per heavy atom. The fourth-order valence-electron chi connectivity index (χ4n) is 3.02. The van der Waals surface area contributed by atoms with Crippen LogP contribution in [0.5, 0.6) is 0 Å². The lowest BCUT2D eigenvalue weighted by Gasteiger charge is -2.32. The van der Waals surface area contributed by atoms with E-state index in [1.54, 1.807) is 0 Å². The van der Waals surface area contributed by atoms with E-state index in [1.807, 2.05) is 42.2 Å². The van der Waals surface area contributed by atoms with Gasteiger partial charge in [-0.05, 0) is 31.7 Å². The SMILES string of the molecule is Cc1noc(C2CCN(C(=O)[C@@H](N)Cc3ccccc3)CC2)n1. The van der Waals surface area contributed by atoms with Crippen molar-refractivity contribution < 1.29 is 9.32 Å². The summed E-state index contributed by atoms with van der Waals surface area (Å²) in [5, 5.41) is 3.83. The van der Waals surface area contributed by atoms with Gasteiger partial charge in [0, 0.05) is 19.0 Å². The highest BCUT2D eigenvalue weighted by Gasteiger charge is 2.29. The summed E-state index contributed by atoms with van der Waals surface area (Å²) in [6.07, 6.45) is 2.25. The van der Waals surface area contributed by atoms with Crippen LogP contribution >= 0.6 is 0 Å². The molecule has 1 fully saturated rings. The zero-order chi connectivity index (χ0) is 16.2. The molecule has 1 aliphatic rings. The first kappa shape index (κ1) is 15.7. The van der Waals surface area contributed by atoms with Crippen molar-refractivity contribution in [2.45, 2.75) is 38.1 Å². The predicted octanol–water partition coefficient (Wildman–Crippen LogP) is 1.65. The number of aromatic nitrogens is 2. The number of piperidine rings is 1. The van der Waals surface area contributed by atoms with Crippen molar-refractivity contribution in [1.29, 1.82) is 0 Å². The maximum absolute atomic E-state index is 12.5. The molecule has 23 heavy (non-hydrogen) atoms. The first-order valence-corrected chi connectivity index (χ1v) is 8.02. The first-order valence-electron chi connectivity index (χ1n) is 8.02. The zero-order valence-corrected chi connectivity index (χ0v) is 13.3. The molecule has 1 aromatic heterocycles. The highest BCUT2D eigenvalue weighted by atomic mass is 16.5. The van der Waals surface area contributed by atoms with Gasteiger partial charge in [-0.3, -0.25) is 4.79 Å². The van der Waals surface area contributed by atoms with Crippen molar-refractivity contribution in [3.8, 4) is 0 Å². The van der Waals surface area contributed by atoms with E-state index in [9.17, 15) is 4.79 Å². The van der Waals surface area contributed by atoms with Crippen LogP contribution in [-0.4, -0.2) is 40.1 Å². The molecule has 0 unspecified atom stereocenters. The third kappa shape index (κ3) is 3.76. The van der Waals surface area contributed by atoms with E-state index < -0.39 is 6.04 Å². The largest absolute Gasteiger partial charge is 0.341 e. The Labute approximate surface area is 135 Å². The summed E-state index contributed by atoms with van der Waals surface area (Å²) in [6.45, 7) is 3.19. The van der Waals surface area contributed by atoms with Gasteiger partial charge in [0.1, 0.15) is 0 Å². The molecular formula is C17H22N4O2. The van der Waals surface area contributed by atoms with Gasteiger partial charge in [-0.15, -0.1) is 0 Å². The van der Waals surface area contributed by atoms with Crippen LogP contribution in [0.3, 0.4) is 0 Å². The van der Waals surface area contributed by atoms with E-state index >= 15 is 0 Å². The normalized spacial score (nSPS) is 17.2. The third-order valence-electron chi connectivity index (χ3n) is 4.31. The summed E-state index contributed by atoms with van der Waals surface area (Å²) in [5.74, 6) is 1.60. The first-order chi connectivity index (χ1) is 11.1. The van der Waals surface area contributed by atoms with Crippen LogP contribution in [0.25, 0.3) is 0 Å². The van der Waals surface area contributed by atoms with Gasteiger partial charge in [0.25, 0.3) is 0 Å². The number of nitrogens with two attached hydrogens (primary N) is 1. The molecule has 1 aliphatic heterocycles. The molecule has 3 rings (SSSR count). The van der Waals surface area contributed by atoms with Gasteiger partial charge in [0.15, 0.2) is 5.82 Å². The van der Waals surface area contributed by atoms with Crippen LogP contribution < -0.4 is 5.73 Å². The van der Waals surface area contributed by atoms with Crippen LogP contribution in [0, 0.1) is 6.92 Å². The van der Waals surface area contributed by atoms with Gasteiger partial charge in [-0.2, -0.15) is 4.98 Å². The Kier molecular flexibility index (Phi) is 4.71. The molecule has 0 spiro atoms. The Bertz CT molecular complexity index is 648. The minimum atomic E-state index is -0.486. The van der Waals surface area contributed by atoms with E-state index in [-0.39, 0.29) is 11.8 Å². The summed E-state index contributed by atoms with van der Waals surface area (Å²) < 4.78 is 5.24. The van der Waals surface area contributed by atoms with Gasteiger partial charge >= 0.3 is 0 Å². The van der Waals surface area contributed by atoms with Crippen molar-refractivity contribution in [1.82, 2.24) is 15.0 Å². The number of carbonyl (C=O) groups is 1. The van der Waals surface area contributed by atoms with Gasteiger partial charge in [0.05, 0.1) is 6.04 Å². The minimum Gasteiger partial charge on any atom is -0.341 e. The van der Waals surface area contributed by atoms with Crippen molar-refractivity contribution in [2.24, 2.45) is 5.73 Å². The number of hydrogen-bond acceptors (Lipinski definition) is 5. The average molecular weight is 314 g/mol. The maximum atomic E-state index is 12.5. The topological polar surface area (TPSA) is 85.2 Å². The quantitative estimate of drug-likeness (QED) is 0.927. The van der Waals surface area contributed by atoms with Crippen LogP contribution in [0.15, 0.2) is 34.9 Å². The fourth-order valence-corrected chi connectivity index (χ4v) is 3.02. The number of nitrogens with zero attached hydrogens (tertiary/aromatic N) is 3. The number of hydrogen-bond donors (Lipinski definition) is 1. The number of aryl methyl sites for hydroxylation is 1. The summed E-state index contributed by atoms with van der Waals surface area (Å²) in [5.41, 5.74) is 7.18. The molecule has 2 heterocycles. The smallest absolute Gasteiger partial charge is 0.239 e. The monoisotopic (exact) mass is 314 g/mol. The summed E-state index contributed by atoms with van der Waals surface area (Å²) in [4.78, 5) is 18.6. The van der Waals surface area contributed by atoms with Crippen molar-refractivity contribution in [3.63, 3.8) is 0 Å². The summed E-state index contributed by atoms with van der Waals surface area (Å²) >= 11 is 0. The van der Waals surface area contributed by atoms with E-state index in [2.05, 4.69) is 10.1 Å². The second-order valence-corrected chi connectivity index (χ2v) is 6.08. The van der Waals surface area contributed by atoms with Crippen molar-refractivity contribution in [2.75, 3.05) is 13.1 Å². The number of carbonyl (C=O) groups excluding carboxylic acids is 1. The molecule has 0 aliphatic carbocycles. The number of likely N-dealkylation sites (tertiary alicyclic amines) is 1. The molecule has 1 saturated heterocycles. The van der Waals surface area contributed by atoms with Crippen LogP contribution in [0.2, 0.25) is 0 Å². The second kappa shape index (κ2) is 6.91. The Hall–Kier alpha value is -2.21. The summed E-state index contributed by atoms with van der Waals surface area (Å²) in [7, 11) is 0. The lowest BCUT2D eigenvalue weighted by atomic mass is 9.95. The average Bonchev–Trinajstić information content (AvgIpc) is 3.02. The second-order valence-electron chi connectivity index (χ2n) is 6.08. The Balaban J connectivity index is 1.53. The van der Waals surface area contributed by atoms with Crippen LogP contribution in [0.4, 0.5) is 0 Å². The van der Waals surface area contributed by atoms with E-state index in [0.717, 1.165) is 18.4 Å². The molecule has 2 N–H and O–H groups in total. The van der Waals surface area contributed by atoms with Gasteiger partial charge < -0.3 is 15.2 Å². The molecule has 1 atom stereocenters. The number of amides is 1. The van der Waals surface area contributed by atoms with Crippen LogP contribution in [-0.2, 0) is 11.2 Å². The summed E-state index contributed by atoms with van der Waals surface area (Å²) in [6, 6.07) is 9.39. The Morgan fingerprint density at radius 3 is 2.65 bits per heavy atom. The van der Waals surface area contributed by atoms with Gasteiger partial charge in [0.2, 0.25) is 11.8 Å². The fraction of sp³-hybridized carbons (Fsp3) is 0.471. The molecule has 6 nitrogen and oxygen atoms in total. The Morgan fingerprint density at radius 2 is 2.04 bits per heavy atom. The maximum Gasteiger partial charge on any atom is 0.239 e. The molecule has 0 radical (unpaired) electrons. The number of rotatable bonds is 4. The van der Waals surface area contributed by atoms with E-state index in [1.165, 1.54) is 0 Å². The van der Waals surface area contributed by atoms with Gasteiger partial charge in [-0.1, -0.05) is 35.5 Å². The highest BCUT2D eigenvalue weighted by molar-refractivity contribution is 5.82. The highest BCUT2D eigenvalue weighted by Crippen LogP contribution is 2.27. The van der Waals surface area contributed by atoms with E-state index in [4.69, 9.17) is 10.3 Å². The van der Waals surface area contributed by atoms with Crippen molar-refractivity contribution in [3.05, 3.63) is 47.6 Å². The van der Waals surface area contributed by atoms with E-state index in [0.29, 0.717) is 31.2 Å².